The number of benzene rings is 2. The maximum absolute atomic E-state index is 12.4. The van der Waals surface area contributed by atoms with Crippen LogP contribution in [0.25, 0.3) is 0 Å². The first-order chi connectivity index (χ1) is 16.2. The number of rotatable bonds is 5. The lowest BCUT2D eigenvalue weighted by Crippen LogP contribution is -2.36. The fourth-order valence-electron chi connectivity index (χ4n) is 3.43. The summed E-state index contributed by atoms with van der Waals surface area (Å²) in [5, 5.41) is 16.9. The lowest BCUT2D eigenvalue weighted by Gasteiger charge is -2.19. The highest BCUT2D eigenvalue weighted by atomic mass is 32.2. The molecule has 178 valence electrons. The number of carbonyl (C=O) groups is 1. The predicted molar refractivity (Wildman–Crippen MR) is 131 cm³/mol. The topological polar surface area (TPSA) is 125 Å². The van der Waals surface area contributed by atoms with Crippen molar-refractivity contribution in [1.29, 1.82) is 0 Å². The van der Waals surface area contributed by atoms with E-state index in [0.717, 1.165) is 11.1 Å². The van der Waals surface area contributed by atoms with Gasteiger partial charge in [-0.25, -0.2) is 4.21 Å². The third kappa shape index (κ3) is 4.88. The Kier molecular flexibility index (Phi) is 6.55. The number of aromatic hydroxyl groups is 1. The van der Waals surface area contributed by atoms with Crippen LogP contribution < -0.4 is 20.1 Å². The molecule has 0 bridgehead atoms. The van der Waals surface area contributed by atoms with Gasteiger partial charge in [0, 0.05) is 14.1 Å². The second-order valence-corrected chi connectivity index (χ2v) is 8.94. The number of allylic oxidation sites excluding steroid dienone is 1. The van der Waals surface area contributed by atoms with E-state index < -0.39 is 11.2 Å². The molecule has 4 rings (SSSR count). The predicted octanol–water partition coefficient (Wildman–Crippen LogP) is 2.92. The molecule has 2 aromatic rings. The van der Waals surface area contributed by atoms with Crippen molar-refractivity contribution in [1.82, 2.24) is 10.2 Å². The normalized spacial score (nSPS) is 16.9. The minimum Gasteiger partial charge on any atom is -0.505 e. The number of fused-ring (bicyclic) bond motifs is 1. The monoisotopic (exact) mass is 483 g/mol. The summed E-state index contributed by atoms with van der Waals surface area (Å²) >= 11 is -1.84. The number of para-hydroxylation sites is 1. The van der Waals surface area contributed by atoms with Gasteiger partial charge < -0.3 is 30.1 Å². The van der Waals surface area contributed by atoms with E-state index in [-0.39, 0.29) is 47.4 Å². The number of nitrogens with one attached hydrogen (secondary N) is 2. The first kappa shape index (κ1) is 23.3. The van der Waals surface area contributed by atoms with Crippen LogP contribution in [-0.4, -0.2) is 52.7 Å². The fraction of sp³-hybridized carbons (Fsp3) is 0.261. The number of hydrogen-bond donors (Lipinski definition) is 3. The number of amidine groups is 2. The van der Waals surface area contributed by atoms with E-state index in [1.165, 1.54) is 11.0 Å². The number of carbonyl (C=O) groups excluding carboxylic acids is 1. The zero-order chi connectivity index (χ0) is 24.4. The van der Waals surface area contributed by atoms with E-state index in [0.29, 0.717) is 11.5 Å². The van der Waals surface area contributed by atoms with Gasteiger partial charge in [-0.3, -0.25) is 4.79 Å². The van der Waals surface area contributed by atoms with Crippen molar-refractivity contribution in [3.05, 3.63) is 59.2 Å². The Morgan fingerprint density at radius 3 is 2.62 bits per heavy atom. The Balaban J connectivity index is 1.61. The number of ether oxygens (including phenoxy) is 2. The maximum Gasteiger partial charge on any atom is 0.269 e. The second kappa shape index (κ2) is 9.56. The fourth-order valence-corrected chi connectivity index (χ4v) is 4.06. The summed E-state index contributed by atoms with van der Waals surface area (Å²) in [6, 6.07) is 10.0. The molecule has 2 atom stereocenters. The number of nitrogens with zero attached hydrogens (tertiary/aromatic N) is 3. The van der Waals surface area contributed by atoms with Crippen molar-refractivity contribution in [3.8, 4) is 17.2 Å². The van der Waals surface area contributed by atoms with Crippen LogP contribution in [0.3, 0.4) is 0 Å². The van der Waals surface area contributed by atoms with Crippen LogP contribution in [0, 0.1) is 0 Å². The summed E-state index contributed by atoms with van der Waals surface area (Å²) in [4.78, 5) is 13.7. The zero-order valence-corrected chi connectivity index (χ0v) is 20.0. The van der Waals surface area contributed by atoms with E-state index in [1.54, 1.807) is 26.2 Å². The van der Waals surface area contributed by atoms with Gasteiger partial charge >= 0.3 is 0 Å². The standard InChI is InChI=1S/C23H25N5O5S/c1-13(2)10-17(14-8-9-18-19(11-14)33-12-32-18)25-22-21(26-34(31)27-22)24-16-7-5-6-15(20(16)29)23(30)28(3)4/h5-11,17,29H,12H2,1-4H3,(H,24,26)(H,25,27). The SMILES string of the molecule is CC(C)=CC(NC1=NS(=O)N=C1Nc1cccc(C(=O)N(C)C)c1O)c1ccc2c(c1)OCO2. The quantitative estimate of drug-likeness (QED) is 0.441. The van der Waals surface area contributed by atoms with Gasteiger partial charge in [0.2, 0.25) is 6.79 Å². The molecule has 34 heavy (non-hydrogen) atoms. The Bertz CT molecular complexity index is 1250. The number of phenolic OH excluding ortho intramolecular Hbond substituents is 1. The van der Waals surface area contributed by atoms with Crippen molar-refractivity contribution in [2.24, 2.45) is 8.80 Å². The average molecular weight is 484 g/mol. The van der Waals surface area contributed by atoms with Crippen molar-refractivity contribution < 1.29 is 23.6 Å². The highest BCUT2D eigenvalue weighted by molar-refractivity contribution is 7.83. The van der Waals surface area contributed by atoms with E-state index >= 15 is 0 Å². The smallest absolute Gasteiger partial charge is 0.269 e. The number of hydrogen-bond acceptors (Lipinski definition) is 7. The van der Waals surface area contributed by atoms with Crippen molar-refractivity contribution in [2.75, 3.05) is 26.2 Å². The lowest BCUT2D eigenvalue weighted by molar-refractivity contribution is 0.0824. The lowest BCUT2D eigenvalue weighted by atomic mass is 10.0. The minimum absolute atomic E-state index is 0.129. The molecular weight excluding hydrogens is 458 g/mol. The van der Waals surface area contributed by atoms with Crippen LogP contribution in [0.5, 0.6) is 17.2 Å². The molecule has 2 heterocycles. The molecule has 0 spiro atoms. The molecule has 0 fully saturated rings. The van der Waals surface area contributed by atoms with Gasteiger partial charge in [-0.15, -0.1) is 8.80 Å². The summed E-state index contributed by atoms with van der Waals surface area (Å²) in [6.07, 6.45) is 1.99. The van der Waals surface area contributed by atoms with Gasteiger partial charge in [0.1, 0.15) is 0 Å². The van der Waals surface area contributed by atoms with Crippen molar-refractivity contribution >= 4 is 34.4 Å². The molecule has 10 nitrogen and oxygen atoms in total. The number of phenols is 1. The molecule has 0 saturated carbocycles. The van der Waals surface area contributed by atoms with Crippen LogP contribution in [0.15, 0.2) is 56.8 Å². The first-order valence-corrected chi connectivity index (χ1v) is 11.5. The molecule has 0 aliphatic carbocycles. The molecule has 1 amide bonds. The van der Waals surface area contributed by atoms with Crippen LogP contribution in [0.1, 0.15) is 35.8 Å². The van der Waals surface area contributed by atoms with E-state index in [9.17, 15) is 14.1 Å². The van der Waals surface area contributed by atoms with Crippen LogP contribution in [0.4, 0.5) is 5.69 Å². The molecule has 2 aliphatic heterocycles. The van der Waals surface area contributed by atoms with Gasteiger partial charge in [0.25, 0.3) is 17.1 Å². The molecule has 3 N–H and O–H groups in total. The minimum atomic E-state index is -1.84. The molecule has 0 radical (unpaired) electrons. The Morgan fingerprint density at radius 2 is 1.88 bits per heavy atom. The van der Waals surface area contributed by atoms with Gasteiger partial charge in [-0.05, 0) is 43.7 Å². The second-order valence-electron chi connectivity index (χ2n) is 8.12. The van der Waals surface area contributed by atoms with Crippen molar-refractivity contribution in [3.63, 3.8) is 0 Å². The molecule has 0 aromatic heterocycles. The highest BCUT2D eigenvalue weighted by Gasteiger charge is 2.25. The Hall–Kier alpha value is -3.86. The highest BCUT2D eigenvalue weighted by Crippen LogP contribution is 2.35. The van der Waals surface area contributed by atoms with Gasteiger partial charge in [0.15, 0.2) is 28.9 Å². The Morgan fingerprint density at radius 1 is 1.15 bits per heavy atom. The largest absolute Gasteiger partial charge is 0.505 e. The summed E-state index contributed by atoms with van der Waals surface area (Å²) < 4.78 is 31.2. The first-order valence-electron chi connectivity index (χ1n) is 10.4. The van der Waals surface area contributed by atoms with E-state index in [2.05, 4.69) is 19.4 Å². The molecule has 0 saturated heterocycles. The van der Waals surface area contributed by atoms with Gasteiger partial charge in [0.05, 0.1) is 17.3 Å². The van der Waals surface area contributed by atoms with Gasteiger partial charge in [-0.1, -0.05) is 23.8 Å². The molecule has 2 unspecified atom stereocenters. The molecule has 2 aliphatic rings. The van der Waals surface area contributed by atoms with Gasteiger partial charge in [-0.2, -0.15) is 0 Å². The molecule has 2 aromatic carbocycles. The number of anilines is 1. The van der Waals surface area contributed by atoms with E-state index in [4.69, 9.17) is 9.47 Å². The number of amides is 1. The third-order valence-electron chi connectivity index (χ3n) is 5.04. The van der Waals surface area contributed by atoms with Crippen LogP contribution in [0.2, 0.25) is 0 Å². The maximum atomic E-state index is 12.4. The average Bonchev–Trinajstić information content (AvgIpc) is 3.39. The van der Waals surface area contributed by atoms with Crippen LogP contribution in [-0.2, 0) is 11.2 Å². The molecule has 11 heteroatoms. The summed E-state index contributed by atoms with van der Waals surface area (Å²) in [5.41, 5.74) is 2.30. The summed E-state index contributed by atoms with van der Waals surface area (Å²) in [5.74, 6) is 1.15. The van der Waals surface area contributed by atoms with Crippen molar-refractivity contribution in [2.45, 2.75) is 19.9 Å². The summed E-state index contributed by atoms with van der Waals surface area (Å²) in [7, 11) is 3.19. The Labute approximate surface area is 199 Å². The third-order valence-corrected chi connectivity index (χ3v) is 5.71. The summed E-state index contributed by atoms with van der Waals surface area (Å²) in [6.45, 7) is 4.11. The van der Waals surface area contributed by atoms with E-state index in [1.807, 2.05) is 38.1 Å². The van der Waals surface area contributed by atoms with Crippen LogP contribution >= 0.6 is 0 Å². The molecular formula is C23H25N5O5S. The zero-order valence-electron chi connectivity index (χ0n) is 19.2.